The van der Waals surface area contributed by atoms with Crippen molar-refractivity contribution in [1.29, 1.82) is 0 Å². The molecule has 0 spiro atoms. The lowest BCUT2D eigenvalue weighted by Gasteiger charge is -2.33. The fourth-order valence-corrected chi connectivity index (χ4v) is 3.99. The fourth-order valence-electron chi connectivity index (χ4n) is 3.99. The Hall–Kier alpha value is -3.23. The number of H-pyrrole nitrogens is 1. The maximum atomic E-state index is 12.6. The Morgan fingerprint density at radius 3 is 2.93 bits per heavy atom. The zero-order valence-electron chi connectivity index (χ0n) is 15.0. The van der Waals surface area contributed by atoms with Crippen LogP contribution in [0.5, 0.6) is 0 Å². The topological polar surface area (TPSA) is 97.5 Å². The Labute approximate surface area is 154 Å². The molecule has 0 saturated carbocycles. The summed E-state index contributed by atoms with van der Waals surface area (Å²) < 4.78 is 3.49. The van der Waals surface area contributed by atoms with Crippen LogP contribution >= 0.6 is 0 Å². The predicted octanol–water partition coefficient (Wildman–Crippen LogP) is 1.32. The second-order valence-electron chi connectivity index (χ2n) is 7.06. The van der Waals surface area contributed by atoms with Gasteiger partial charge in [0.05, 0.1) is 17.1 Å². The van der Waals surface area contributed by atoms with Crippen molar-refractivity contribution in [3.8, 4) is 0 Å². The SMILES string of the molecule is Cn1c(=O)n(CC2CCN(c3ncnc4[nH]ncc34)CC2)c2ncccc21. The summed E-state index contributed by atoms with van der Waals surface area (Å²) in [5, 5.41) is 7.91. The van der Waals surface area contributed by atoms with Gasteiger partial charge < -0.3 is 4.90 Å². The first-order chi connectivity index (χ1) is 13.2. The van der Waals surface area contributed by atoms with Crippen molar-refractivity contribution < 1.29 is 0 Å². The van der Waals surface area contributed by atoms with E-state index in [2.05, 4.69) is 30.0 Å². The summed E-state index contributed by atoms with van der Waals surface area (Å²) in [4.78, 5) is 28.0. The minimum atomic E-state index is 0.00188. The molecular weight excluding hydrogens is 344 g/mol. The van der Waals surface area contributed by atoms with Crippen LogP contribution in [0.2, 0.25) is 0 Å². The molecule has 0 radical (unpaired) electrons. The molecule has 0 bridgehead atoms. The summed E-state index contributed by atoms with van der Waals surface area (Å²) in [5.41, 5.74) is 2.41. The molecule has 1 aliphatic heterocycles. The highest BCUT2D eigenvalue weighted by Gasteiger charge is 2.24. The van der Waals surface area contributed by atoms with Crippen LogP contribution in [0.3, 0.4) is 0 Å². The van der Waals surface area contributed by atoms with Gasteiger partial charge in [-0.1, -0.05) is 0 Å². The number of nitrogens with one attached hydrogen (secondary N) is 1. The smallest absolute Gasteiger partial charge is 0.330 e. The fraction of sp³-hybridized carbons (Fsp3) is 0.389. The lowest BCUT2D eigenvalue weighted by Crippen LogP contribution is -2.37. The number of anilines is 1. The number of pyridine rings is 1. The Kier molecular flexibility index (Phi) is 3.66. The molecule has 0 amide bonds. The highest BCUT2D eigenvalue weighted by molar-refractivity contribution is 5.86. The first kappa shape index (κ1) is 16.0. The molecule has 9 heteroatoms. The van der Waals surface area contributed by atoms with E-state index in [4.69, 9.17) is 0 Å². The maximum absolute atomic E-state index is 12.6. The van der Waals surface area contributed by atoms with E-state index in [9.17, 15) is 4.79 Å². The molecule has 1 saturated heterocycles. The van der Waals surface area contributed by atoms with Crippen LogP contribution in [0.25, 0.3) is 22.2 Å². The van der Waals surface area contributed by atoms with Gasteiger partial charge in [0.2, 0.25) is 0 Å². The van der Waals surface area contributed by atoms with Gasteiger partial charge in [-0.3, -0.25) is 14.2 Å². The average Bonchev–Trinajstić information content (AvgIpc) is 3.28. The summed E-state index contributed by atoms with van der Waals surface area (Å²) in [5.74, 6) is 1.37. The van der Waals surface area contributed by atoms with Gasteiger partial charge >= 0.3 is 5.69 Å². The Balaban J connectivity index is 1.35. The number of piperidine rings is 1. The van der Waals surface area contributed by atoms with Crippen molar-refractivity contribution >= 4 is 28.0 Å². The van der Waals surface area contributed by atoms with E-state index >= 15 is 0 Å². The molecule has 0 aromatic carbocycles. The van der Waals surface area contributed by atoms with Gasteiger partial charge in [-0.05, 0) is 30.9 Å². The highest BCUT2D eigenvalue weighted by atomic mass is 16.1. The van der Waals surface area contributed by atoms with Gasteiger partial charge in [0.15, 0.2) is 11.3 Å². The summed E-state index contributed by atoms with van der Waals surface area (Å²) in [7, 11) is 1.80. The molecule has 138 valence electrons. The second-order valence-corrected chi connectivity index (χ2v) is 7.06. The zero-order chi connectivity index (χ0) is 18.4. The van der Waals surface area contributed by atoms with Crippen LogP contribution in [-0.2, 0) is 13.6 Å². The van der Waals surface area contributed by atoms with E-state index in [1.165, 1.54) is 0 Å². The van der Waals surface area contributed by atoms with Crippen LogP contribution < -0.4 is 10.6 Å². The Bertz CT molecular complexity index is 1170. The van der Waals surface area contributed by atoms with E-state index < -0.39 is 0 Å². The molecule has 1 fully saturated rings. The molecule has 9 nitrogen and oxygen atoms in total. The summed E-state index contributed by atoms with van der Waals surface area (Å²) in [6.45, 7) is 2.50. The molecule has 0 atom stereocenters. The third-order valence-corrected chi connectivity index (χ3v) is 5.48. The van der Waals surface area contributed by atoms with Gasteiger partial charge in [-0.25, -0.2) is 19.7 Å². The van der Waals surface area contributed by atoms with Crippen LogP contribution in [0.15, 0.2) is 35.6 Å². The molecule has 4 aromatic heterocycles. The number of rotatable bonds is 3. The van der Waals surface area contributed by atoms with Crippen molar-refractivity contribution in [3.63, 3.8) is 0 Å². The molecule has 1 N–H and O–H groups in total. The van der Waals surface area contributed by atoms with Gasteiger partial charge in [0.25, 0.3) is 0 Å². The quantitative estimate of drug-likeness (QED) is 0.589. The largest absolute Gasteiger partial charge is 0.356 e. The first-order valence-corrected chi connectivity index (χ1v) is 9.11. The average molecular weight is 364 g/mol. The number of nitrogens with zero attached hydrogens (tertiary/aromatic N) is 7. The lowest BCUT2D eigenvalue weighted by atomic mass is 9.96. The van der Waals surface area contributed by atoms with Crippen LogP contribution in [0, 0.1) is 5.92 Å². The number of hydrogen-bond acceptors (Lipinski definition) is 6. The van der Waals surface area contributed by atoms with Crippen molar-refractivity contribution in [1.82, 2.24) is 34.3 Å². The number of imidazole rings is 1. The van der Waals surface area contributed by atoms with E-state index in [1.54, 1.807) is 30.3 Å². The van der Waals surface area contributed by atoms with E-state index in [0.717, 1.165) is 53.9 Å². The van der Waals surface area contributed by atoms with E-state index in [0.29, 0.717) is 12.5 Å². The number of fused-ring (bicyclic) bond motifs is 2. The highest BCUT2D eigenvalue weighted by Crippen LogP contribution is 2.27. The van der Waals surface area contributed by atoms with Gasteiger partial charge in [-0.15, -0.1) is 0 Å². The van der Waals surface area contributed by atoms with Gasteiger partial charge in [0.1, 0.15) is 12.1 Å². The Morgan fingerprint density at radius 2 is 2.07 bits per heavy atom. The minimum Gasteiger partial charge on any atom is -0.356 e. The molecule has 27 heavy (non-hydrogen) atoms. The number of aromatic amines is 1. The zero-order valence-corrected chi connectivity index (χ0v) is 15.0. The van der Waals surface area contributed by atoms with Crippen molar-refractivity contribution in [2.45, 2.75) is 19.4 Å². The molecule has 0 aliphatic carbocycles. The van der Waals surface area contributed by atoms with Crippen molar-refractivity contribution in [2.75, 3.05) is 18.0 Å². The normalized spacial score (nSPS) is 15.8. The molecule has 1 aliphatic rings. The third kappa shape index (κ3) is 2.57. The summed E-state index contributed by atoms with van der Waals surface area (Å²) >= 11 is 0. The molecule has 5 heterocycles. The molecule has 4 aromatic rings. The standard InChI is InChI=1S/C18H20N8O/c1-24-14-3-2-6-19-17(14)26(18(24)27)10-12-4-7-25(8-5-12)16-13-9-22-23-15(13)20-11-21-16/h2-3,6,9,11-12H,4-5,7-8,10H2,1H3,(H,20,21,22,23). The monoisotopic (exact) mass is 364 g/mol. The van der Waals surface area contributed by atoms with E-state index in [1.807, 2.05) is 16.7 Å². The molecular formula is C18H20N8O. The first-order valence-electron chi connectivity index (χ1n) is 9.11. The lowest BCUT2D eigenvalue weighted by molar-refractivity contribution is 0.354. The van der Waals surface area contributed by atoms with Crippen molar-refractivity contribution in [2.24, 2.45) is 13.0 Å². The molecule has 0 unspecified atom stereocenters. The maximum Gasteiger partial charge on any atom is 0.330 e. The van der Waals surface area contributed by atoms with Crippen LogP contribution in [0.1, 0.15) is 12.8 Å². The van der Waals surface area contributed by atoms with Gasteiger partial charge in [-0.2, -0.15) is 5.10 Å². The second kappa shape index (κ2) is 6.19. The van der Waals surface area contributed by atoms with Crippen molar-refractivity contribution in [3.05, 3.63) is 41.3 Å². The summed E-state index contributed by atoms with van der Waals surface area (Å²) in [6.07, 6.45) is 7.09. The number of aromatic nitrogens is 7. The number of hydrogen-bond donors (Lipinski definition) is 1. The number of aryl methyl sites for hydroxylation is 1. The van der Waals surface area contributed by atoms with Crippen LogP contribution in [0.4, 0.5) is 5.82 Å². The third-order valence-electron chi connectivity index (χ3n) is 5.48. The molecule has 5 rings (SSSR count). The minimum absolute atomic E-state index is 0.00188. The summed E-state index contributed by atoms with van der Waals surface area (Å²) in [6, 6.07) is 3.80. The van der Waals surface area contributed by atoms with Gasteiger partial charge in [0, 0.05) is 32.9 Å². The Morgan fingerprint density at radius 1 is 1.22 bits per heavy atom. The van der Waals surface area contributed by atoms with Crippen LogP contribution in [-0.4, -0.2) is 47.4 Å². The van der Waals surface area contributed by atoms with E-state index in [-0.39, 0.29) is 5.69 Å². The predicted molar refractivity (Wildman–Crippen MR) is 102 cm³/mol.